The van der Waals surface area contributed by atoms with Crippen LogP contribution in [0.3, 0.4) is 0 Å². The molecule has 0 saturated heterocycles. The molecule has 0 saturated carbocycles. The topological polar surface area (TPSA) is 84.9 Å². The fourth-order valence-electron chi connectivity index (χ4n) is 2.72. The molecule has 1 heterocycles. The van der Waals surface area contributed by atoms with E-state index in [2.05, 4.69) is 5.32 Å². The van der Waals surface area contributed by atoms with Gasteiger partial charge in [-0.25, -0.2) is 4.90 Å². The summed E-state index contributed by atoms with van der Waals surface area (Å²) >= 11 is 0. The van der Waals surface area contributed by atoms with Crippen LogP contribution in [0, 0.1) is 0 Å². The highest BCUT2D eigenvalue weighted by molar-refractivity contribution is 6.34. The lowest BCUT2D eigenvalue weighted by Gasteiger charge is -2.14. The molecule has 0 aromatic heterocycles. The van der Waals surface area contributed by atoms with Crippen molar-refractivity contribution >= 4 is 23.4 Å². The summed E-state index contributed by atoms with van der Waals surface area (Å²) < 4.78 is 9.97. The van der Waals surface area contributed by atoms with Gasteiger partial charge in [-0.2, -0.15) is 0 Å². The summed E-state index contributed by atoms with van der Waals surface area (Å²) in [6.45, 7) is 0.747. The van der Waals surface area contributed by atoms with Crippen LogP contribution in [0.25, 0.3) is 0 Å². The second-order valence-electron chi connectivity index (χ2n) is 5.65. The second-order valence-corrected chi connectivity index (χ2v) is 5.65. The molecule has 1 aliphatic heterocycles. The number of hydrogen-bond acceptors (Lipinski definition) is 5. The van der Waals surface area contributed by atoms with Gasteiger partial charge in [-0.05, 0) is 42.5 Å². The van der Waals surface area contributed by atoms with Crippen molar-refractivity contribution in [2.75, 3.05) is 32.3 Å². The molecule has 1 N–H and O–H groups in total. The standard InChI is InChI=1S/C19H18N2O5/c1-25-10-9-20-17(22)12-3-8-15-16(11-12)19(24)21(18(15)23)13-4-6-14(26-2)7-5-13/h3-8,11H,9-10H2,1-2H3,(H,20,22). The van der Waals surface area contributed by atoms with Gasteiger partial charge in [0.2, 0.25) is 0 Å². The van der Waals surface area contributed by atoms with E-state index in [1.807, 2.05) is 0 Å². The van der Waals surface area contributed by atoms with Crippen LogP contribution in [0.15, 0.2) is 42.5 Å². The number of amides is 3. The van der Waals surface area contributed by atoms with Crippen molar-refractivity contribution in [3.8, 4) is 5.75 Å². The summed E-state index contributed by atoms with van der Waals surface area (Å²) in [6.07, 6.45) is 0. The first-order valence-corrected chi connectivity index (χ1v) is 8.01. The molecule has 7 nitrogen and oxygen atoms in total. The number of anilines is 1. The van der Waals surface area contributed by atoms with Gasteiger partial charge in [0.1, 0.15) is 5.75 Å². The third kappa shape index (κ3) is 3.16. The number of benzene rings is 2. The van der Waals surface area contributed by atoms with Gasteiger partial charge in [0.15, 0.2) is 0 Å². The molecule has 1 aliphatic rings. The van der Waals surface area contributed by atoms with Gasteiger partial charge in [0.25, 0.3) is 17.7 Å². The number of hydrogen-bond donors (Lipinski definition) is 1. The van der Waals surface area contributed by atoms with E-state index in [1.54, 1.807) is 31.4 Å². The Hall–Kier alpha value is -3.19. The molecule has 0 atom stereocenters. The van der Waals surface area contributed by atoms with Gasteiger partial charge < -0.3 is 14.8 Å². The third-order valence-corrected chi connectivity index (χ3v) is 4.07. The van der Waals surface area contributed by atoms with Gasteiger partial charge in [0, 0.05) is 19.2 Å². The van der Waals surface area contributed by atoms with Crippen molar-refractivity contribution < 1.29 is 23.9 Å². The molecule has 3 amide bonds. The first-order valence-electron chi connectivity index (χ1n) is 8.01. The third-order valence-electron chi connectivity index (χ3n) is 4.07. The Morgan fingerprint density at radius 3 is 2.35 bits per heavy atom. The van der Waals surface area contributed by atoms with E-state index in [1.165, 1.54) is 25.3 Å². The summed E-state index contributed by atoms with van der Waals surface area (Å²) in [5.41, 5.74) is 1.25. The summed E-state index contributed by atoms with van der Waals surface area (Å²) in [4.78, 5) is 38.6. The fourth-order valence-corrected chi connectivity index (χ4v) is 2.72. The van der Waals surface area contributed by atoms with Crippen molar-refractivity contribution in [1.82, 2.24) is 5.32 Å². The van der Waals surface area contributed by atoms with Crippen LogP contribution in [-0.4, -0.2) is 45.1 Å². The Bertz CT molecular complexity index is 861. The number of rotatable bonds is 6. The van der Waals surface area contributed by atoms with E-state index in [9.17, 15) is 14.4 Å². The Kier molecular flexibility index (Phi) is 4.99. The quantitative estimate of drug-likeness (QED) is 0.632. The number of carbonyl (C=O) groups is 3. The molecular formula is C19H18N2O5. The number of imide groups is 1. The Balaban J connectivity index is 1.86. The maximum Gasteiger partial charge on any atom is 0.266 e. The van der Waals surface area contributed by atoms with Crippen LogP contribution < -0.4 is 15.0 Å². The first-order chi connectivity index (χ1) is 12.6. The maximum atomic E-state index is 12.7. The number of fused-ring (bicyclic) bond motifs is 1. The van der Waals surface area contributed by atoms with Crippen LogP contribution in [0.2, 0.25) is 0 Å². The minimum Gasteiger partial charge on any atom is -0.497 e. The van der Waals surface area contributed by atoms with Crippen LogP contribution in [0.1, 0.15) is 31.1 Å². The summed E-state index contributed by atoms with van der Waals surface area (Å²) in [7, 11) is 3.08. The summed E-state index contributed by atoms with van der Waals surface area (Å²) in [6, 6.07) is 11.1. The SMILES string of the molecule is COCCNC(=O)c1ccc2c(c1)C(=O)N(c1ccc(OC)cc1)C2=O. The van der Waals surface area contributed by atoms with Crippen molar-refractivity contribution in [2.45, 2.75) is 0 Å². The minimum absolute atomic E-state index is 0.213. The molecule has 0 unspecified atom stereocenters. The molecule has 134 valence electrons. The maximum absolute atomic E-state index is 12.7. The number of nitrogens with zero attached hydrogens (tertiary/aromatic N) is 1. The molecule has 0 radical (unpaired) electrons. The zero-order chi connectivity index (χ0) is 18.7. The highest BCUT2D eigenvalue weighted by Gasteiger charge is 2.37. The van der Waals surface area contributed by atoms with E-state index in [0.29, 0.717) is 30.2 Å². The number of nitrogens with one attached hydrogen (secondary N) is 1. The van der Waals surface area contributed by atoms with Gasteiger partial charge in [-0.15, -0.1) is 0 Å². The van der Waals surface area contributed by atoms with E-state index in [4.69, 9.17) is 9.47 Å². The number of carbonyl (C=O) groups excluding carboxylic acids is 3. The predicted octanol–water partition coefficient (Wildman–Crippen LogP) is 1.87. The molecule has 0 spiro atoms. The lowest BCUT2D eigenvalue weighted by molar-refractivity contribution is 0.0921. The molecular weight excluding hydrogens is 336 g/mol. The average Bonchev–Trinajstić information content (AvgIpc) is 2.92. The normalized spacial score (nSPS) is 12.9. The molecule has 26 heavy (non-hydrogen) atoms. The van der Waals surface area contributed by atoms with Gasteiger partial charge >= 0.3 is 0 Å². The zero-order valence-electron chi connectivity index (χ0n) is 14.4. The minimum atomic E-state index is -0.457. The monoisotopic (exact) mass is 354 g/mol. The Labute approximate surface area is 150 Å². The van der Waals surface area contributed by atoms with E-state index >= 15 is 0 Å². The molecule has 0 bridgehead atoms. The van der Waals surface area contributed by atoms with Crippen LogP contribution in [0.4, 0.5) is 5.69 Å². The zero-order valence-corrected chi connectivity index (χ0v) is 14.4. The molecule has 2 aromatic rings. The lowest BCUT2D eigenvalue weighted by Crippen LogP contribution is -2.29. The molecule has 2 aromatic carbocycles. The van der Waals surface area contributed by atoms with Crippen molar-refractivity contribution in [3.05, 3.63) is 59.2 Å². The fraction of sp³-hybridized carbons (Fsp3) is 0.211. The van der Waals surface area contributed by atoms with Gasteiger partial charge in [0.05, 0.1) is 30.5 Å². The molecule has 3 rings (SSSR count). The summed E-state index contributed by atoms with van der Waals surface area (Å²) in [5, 5.41) is 2.68. The smallest absolute Gasteiger partial charge is 0.266 e. The second kappa shape index (κ2) is 7.37. The Morgan fingerprint density at radius 1 is 1.00 bits per heavy atom. The van der Waals surface area contributed by atoms with Gasteiger partial charge in [-0.3, -0.25) is 14.4 Å². The van der Waals surface area contributed by atoms with Crippen LogP contribution >= 0.6 is 0 Å². The highest BCUT2D eigenvalue weighted by Crippen LogP contribution is 2.30. The van der Waals surface area contributed by atoms with Crippen molar-refractivity contribution in [2.24, 2.45) is 0 Å². The van der Waals surface area contributed by atoms with Crippen LogP contribution in [0.5, 0.6) is 5.75 Å². The first kappa shape index (κ1) is 17.6. The molecule has 0 aliphatic carbocycles. The van der Waals surface area contributed by atoms with E-state index < -0.39 is 11.8 Å². The average molecular weight is 354 g/mol. The largest absolute Gasteiger partial charge is 0.497 e. The number of methoxy groups -OCH3 is 2. The predicted molar refractivity (Wildman–Crippen MR) is 94.8 cm³/mol. The van der Waals surface area contributed by atoms with Gasteiger partial charge in [-0.1, -0.05) is 0 Å². The highest BCUT2D eigenvalue weighted by atomic mass is 16.5. The van der Waals surface area contributed by atoms with E-state index in [0.717, 1.165) is 4.90 Å². The molecule has 7 heteroatoms. The van der Waals surface area contributed by atoms with Crippen LogP contribution in [-0.2, 0) is 4.74 Å². The number of ether oxygens (including phenoxy) is 2. The van der Waals surface area contributed by atoms with E-state index in [-0.39, 0.29) is 17.0 Å². The van der Waals surface area contributed by atoms with Crippen molar-refractivity contribution in [3.63, 3.8) is 0 Å². The van der Waals surface area contributed by atoms with Crippen molar-refractivity contribution in [1.29, 1.82) is 0 Å². The lowest BCUT2D eigenvalue weighted by atomic mass is 10.1. The Morgan fingerprint density at radius 2 is 1.69 bits per heavy atom. The summed E-state index contributed by atoms with van der Waals surface area (Å²) in [5.74, 6) is -0.573. The molecule has 0 fully saturated rings.